The highest BCUT2D eigenvalue weighted by Gasteiger charge is 2.11. The molecule has 0 aliphatic heterocycles. The van der Waals surface area contributed by atoms with Crippen LogP contribution in [0.3, 0.4) is 0 Å². The normalized spacial score (nSPS) is 11.7. The van der Waals surface area contributed by atoms with E-state index in [-0.39, 0.29) is 11.9 Å². The van der Waals surface area contributed by atoms with Gasteiger partial charge in [0, 0.05) is 19.2 Å². The van der Waals surface area contributed by atoms with Gasteiger partial charge in [-0.3, -0.25) is 15.6 Å². The van der Waals surface area contributed by atoms with Crippen LogP contribution in [0.2, 0.25) is 5.02 Å². The summed E-state index contributed by atoms with van der Waals surface area (Å²) in [4.78, 5) is 11.9. The fourth-order valence-corrected chi connectivity index (χ4v) is 2.53. The van der Waals surface area contributed by atoms with E-state index in [0.717, 1.165) is 0 Å². The van der Waals surface area contributed by atoms with Crippen LogP contribution in [-0.2, 0) is 9.53 Å². The monoisotopic (exact) mass is 401 g/mol. The van der Waals surface area contributed by atoms with Gasteiger partial charge in [-0.25, -0.2) is 0 Å². The summed E-state index contributed by atoms with van der Waals surface area (Å²) >= 11 is 11.3. The number of hydrazine groups is 1. The van der Waals surface area contributed by atoms with Crippen molar-refractivity contribution in [3.8, 4) is 11.5 Å². The minimum atomic E-state index is -0.377. The molecule has 26 heavy (non-hydrogen) atoms. The van der Waals surface area contributed by atoms with Gasteiger partial charge in [0.05, 0.1) is 25.3 Å². The Balaban J connectivity index is 2.63. The SMILES string of the molecule is CCOc1c(Cl)cc(/C=C/C(=O)NNC(=S)N[C@H](C)COC)cc1OC. The van der Waals surface area contributed by atoms with Crippen LogP contribution in [-0.4, -0.2) is 44.5 Å². The molecule has 1 aromatic rings. The zero-order valence-corrected chi connectivity index (χ0v) is 16.8. The maximum absolute atomic E-state index is 11.9. The number of hydrogen-bond donors (Lipinski definition) is 3. The highest BCUT2D eigenvalue weighted by atomic mass is 35.5. The summed E-state index contributed by atoms with van der Waals surface area (Å²) < 4.78 is 15.7. The van der Waals surface area contributed by atoms with Gasteiger partial charge in [0.2, 0.25) is 0 Å². The van der Waals surface area contributed by atoms with Gasteiger partial charge in [0.1, 0.15) is 0 Å². The van der Waals surface area contributed by atoms with Crippen molar-refractivity contribution in [3.63, 3.8) is 0 Å². The number of thiocarbonyl (C=S) groups is 1. The summed E-state index contributed by atoms with van der Waals surface area (Å²) in [5, 5.41) is 3.66. The van der Waals surface area contributed by atoms with E-state index in [2.05, 4.69) is 16.2 Å². The number of ether oxygens (including phenoxy) is 3. The second-order valence-corrected chi connectivity index (χ2v) is 6.06. The predicted molar refractivity (Wildman–Crippen MR) is 107 cm³/mol. The Hall–Kier alpha value is -2.03. The molecule has 0 unspecified atom stereocenters. The Bertz CT molecular complexity index is 655. The van der Waals surface area contributed by atoms with Crippen LogP contribution in [0.4, 0.5) is 0 Å². The van der Waals surface area contributed by atoms with E-state index in [1.54, 1.807) is 25.3 Å². The number of rotatable bonds is 8. The third kappa shape index (κ3) is 7.47. The summed E-state index contributed by atoms with van der Waals surface area (Å²) in [6, 6.07) is 3.43. The average Bonchev–Trinajstić information content (AvgIpc) is 2.60. The largest absolute Gasteiger partial charge is 0.493 e. The second-order valence-electron chi connectivity index (χ2n) is 5.24. The number of amides is 1. The molecule has 0 spiro atoms. The molecule has 0 radical (unpaired) electrons. The topological polar surface area (TPSA) is 80.9 Å². The van der Waals surface area contributed by atoms with E-state index in [4.69, 9.17) is 38.0 Å². The molecule has 9 heteroatoms. The van der Waals surface area contributed by atoms with Gasteiger partial charge in [-0.15, -0.1) is 0 Å². The molecular weight excluding hydrogens is 378 g/mol. The molecule has 1 amide bonds. The van der Waals surface area contributed by atoms with Crippen molar-refractivity contribution in [2.24, 2.45) is 0 Å². The number of methoxy groups -OCH3 is 2. The van der Waals surface area contributed by atoms with Crippen molar-refractivity contribution >= 4 is 40.9 Å². The van der Waals surface area contributed by atoms with Gasteiger partial charge in [-0.1, -0.05) is 11.6 Å². The summed E-state index contributed by atoms with van der Waals surface area (Å²) in [5.41, 5.74) is 5.77. The van der Waals surface area contributed by atoms with Crippen LogP contribution >= 0.6 is 23.8 Å². The molecule has 144 valence electrons. The molecular formula is C17H24ClN3O4S. The maximum Gasteiger partial charge on any atom is 0.262 e. The molecule has 0 saturated carbocycles. The molecule has 0 fully saturated rings. The van der Waals surface area contributed by atoms with Crippen molar-refractivity contribution < 1.29 is 19.0 Å². The molecule has 1 aromatic carbocycles. The number of halogens is 1. The zero-order valence-electron chi connectivity index (χ0n) is 15.2. The predicted octanol–water partition coefficient (Wildman–Crippen LogP) is 2.29. The lowest BCUT2D eigenvalue weighted by molar-refractivity contribution is -0.116. The van der Waals surface area contributed by atoms with E-state index in [0.29, 0.717) is 40.4 Å². The number of carbonyl (C=O) groups is 1. The first-order chi connectivity index (χ1) is 12.4. The van der Waals surface area contributed by atoms with Gasteiger partial charge >= 0.3 is 0 Å². The zero-order chi connectivity index (χ0) is 19.5. The van der Waals surface area contributed by atoms with Crippen LogP contribution in [0, 0.1) is 0 Å². The minimum absolute atomic E-state index is 0.0194. The van der Waals surface area contributed by atoms with Crippen LogP contribution in [0.1, 0.15) is 19.4 Å². The first-order valence-electron chi connectivity index (χ1n) is 7.95. The first-order valence-corrected chi connectivity index (χ1v) is 8.73. The van der Waals surface area contributed by atoms with Crippen molar-refractivity contribution in [1.82, 2.24) is 16.2 Å². The molecule has 1 atom stereocenters. The summed E-state index contributed by atoms with van der Waals surface area (Å²) in [5.74, 6) is 0.592. The van der Waals surface area contributed by atoms with Crippen molar-refractivity contribution in [1.29, 1.82) is 0 Å². The standard InChI is InChI=1S/C17H24ClN3O4S/c1-5-25-16-13(18)8-12(9-14(16)24-4)6-7-15(22)20-21-17(26)19-11(2)10-23-3/h6-9,11H,5,10H2,1-4H3,(H,20,22)(H2,19,21,26)/b7-6+/t11-/m1/s1. The van der Waals surface area contributed by atoms with Crippen LogP contribution in [0.25, 0.3) is 6.08 Å². The fraction of sp³-hybridized carbons (Fsp3) is 0.412. The lowest BCUT2D eigenvalue weighted by atomic mass is 10.2. The smallest absolute Gasteiger partial charge is 0.262 e. The third-order valence-electron chi connectivity index (χ3n) is 3.06. The summed E-state index contributed by atoms with van der Waals surface area (Å²) in [6.45, 7) is 4.73. The highest BCUT2D eigenvalue weighted by molar-refractivity contribution is 7.80. The maximum atomic E-state index is 11.9. The van der Waals surface area contributed by atoms with Crippen molar-refractivity contribution in [2.75, 3.05) is 27.4 Å². The fourth-order valence-electron chi connectivity index (χ4n) is 2.00. The van der Waals surface area contributed by atoms with Crippen LogP contribution in [0.15, 0.2) is 18.2 Å². The Morgan fingerprint density at radius 2 is 2.08 bits per heavy atom. The quantitative estimate of drug-likeness (QED) is 0.350. The molecule has 0 aliphatic rings. The lowest BCUT2D eigenvalue weighted by Crippen LogP contribution is -2.49. The molecule has 0 aliphatic carbocycles. The number of nitrogens with one attached hydrogen (secondary N) is 3. The van der Waals surface area contributed by atoms with Gasteiger partial charge in [0.25, 0.3) is 5.91 Å². The van der Waals surface area contributed by atoms with Gasteiger partial charge in [-0.05, 0) is 49.8 Å². The minimum Gasteiger partial charge on any atom is -0.493 e. The highest BCUT2D eigenvalue weighted by Crippen LogP contribution is 2.36. The molecule has 0 heterocycles. The van der Waals surface area contributed by atoms with Crippen molar-refractivity contribution in [2.45, 2.75) is 19.9 Å². The van der Waals surface area contributed by atoms with E-state index < -0.39 is 0 Å². The average molecular weight is 402 g/mol. The Kier molecular flexibility index (Phi) is 9.79. The molecule has 0 aromatic heterocycles. The lowest BCUT2D eigenvalue weighted by Gasteiger charge is -2.15. The molecule has 7 nitrogen and oxygen atoms in total. The summed E-state index contributed by atoms with van der Waals surface area (Å²) in [6.07, 6.45) is 2.95. The van der Waals surface area contributed by atoms with Crippen molar-refractivity contribution in [3.05, 3.63) is 28.8 Å². The molecule has 1 rings (SSSR count). The molecule has 0 bridgehead atoms. The number of carbonyl (C=O) groups excluding carboxylic acids is 1. The Morgan fingerprint density at radius 3 is 2.69 bits per heavy atom. The second kappa shape index (κ2) is 11.6. The van der Waals surface area contributed by atoms with Gasteiger partial charge in [-0.2, -0.15) is 0 Å². The Morgan fingerprint density at radius 1 is 1.35 bits per heavy atom. The van der Waals surface area contributed by atoms with E-state index >= 15 is 0 Å². The Labute approximate surface area is 164 Å². The molecule has 0 saturated heterocycles. The first kappa shape index (κ1) is 22.0. The third-order valence-corrected chi connectivity index (χ3v) is 3.56. The van der Waals surface area contributed by atoms with E-state index in [1.807, 2.05) is 13.8 Å². The van der Waals surface area contributed by atoms with E-state index in [1.165, 1.54) is 13.2 Å². The number of benzene rings is 1. The summed E-state index contributed by atoms with van der Waals surface area (Å²) in [7, 11) is 3.13. The van der Waals surface area contributed by atoms with Crippen LogP contribution in [0.5, 0.6) is 11.5 Å². The van der Waals surface area contributed by atoms with Crippen LogP contribution < -0.4 is 25.6 Å². The molecule has 3 N–H and O–H groups in total. The van der Waals surface area contributed by atoms with E-state index in [9.17, 15) is 4.79 Å². The van der Waals surface area contributed by atoms with Gasteiger partial charge < -0.3 is 19.5 Å². The van der Waals surface area contributed by atoms with Gasteiger partial charge in [0.15, 0.2) is 16.6 Å². The number of hydrogen-bond acceptors (Lipinski definition) is 5.